The smallest absolute Gasteiger partial charge is 0.491 e. The first-order chi connectivity index (χ1) is 8.00. The van der Waals surface area contributed by atoms with Gasteiger partial charge in [0.15, 0.2) is 0 Å². The predicted octanol–water partition coefficient (Wildman–Crippen LogP) is 0.0288. The van der Waals surface area contributed by atoms with E-state index in [-0.39, 0.29) is 64.6 Å². The van der Waals surface area contributed by atoms with Crippen molar-refractivity contribution >= 4 is 6.98 Å². The first kappa shape index (κ1) is 18.2. The summed E-state index contributed by atoms with van der Waals surface area (Å²) in [6.45, 7) is -2.27. The number of hydrogen-bond donors (Lipinski definition) is 0. The quantitative estimate of drug-likeness (QED) is 0.519. The summed E-state index contributed by atoms with van der Waals surface area (Å²) in [5.74, 6) is 0.662. The second-order valence-electron chi connectivity index (χ2n) is 3.45. The topological polar surface area (TPSA) is 18.5 Å². The molecule has 18 heavy (non-hydrogen) atoms. The molecule has 0 heterocycles. The van der Waals surface area contributed by atoms with E-state index in [2.05, 4.69) is 6.58 Å². The third kappa shape index (κ3) is 7.60. The largest absolute Gasteiger partial charge is 1.00 e. The van der Waals surface area contributed by atoms with E-state index in [0.717, 1.165) is 0 Å². The molecule has 0 aliphatic carbocycles. The first-order valence-electron chi connectivity index (χ1n) is 5.13. The van der Waals surface area contributed by atoms with E-state index in [1.54, 1.807) is 12.1 Å². The van der Waals surface area contributed by atoms with E-state index in [1.165, 1.54) is 0 Å². The van der Waals surface area contributed by atoms with E-state index >= 15 is 0 Å². The zero-order valence-electron chi connectivity index (χ0n) is 10.2. The van der Waals surface area contributed by atoms with Gasteiger partial charge >= 0.3 is 58.4 Å². The Bertz CT molecular complexity index is 357. The SMILES string of the molecule is C=C(COCCOc1ccccc1)[B-](F)(F)F.[K+]. The van der Waals surface area contributed by atoms with Crippen LogP contribution in [-0.4, -0.2) is 26.8 Å². The molecule has 1 aromatic carbocycles. The predicted molar refractivity (Wildman–Crippen MR) is 61.0 cm³/mol. The molecular weight excluding hydrogens is 271 g/mol. The van der Waals surface area contributed by atoms with Crippen LogP contribution in [0, 0.1) is 0 Å². The zero-order valence-corrected chi connectivity index (χ0v) is 13.4. The summed E-state index contributed by atoms with van der Waals surface area (Å²) in [7, 11) is 0. The Morgan fingerprint density at radius 3 is 2.28 bits per heavy atom. The average Bonchev–Trinajstić information content (AvgIpc) is 2.28. The van der Waals surface area contributed by atoms with Crippen molar-refractivity contribution in [3.8, 4) is 5.75 Å². The van der Waals surface area contributed by atoms with Gasteiger partial charge in [-0.1, -0.05) is 18.2 Å². The van der Waals surface area contributed by atoms with Gasteiger partial charge in [-0.15, -0.1) is 12.1 Å². The maximum atomic E-state index is 12.1. The second kappa shape index (κ2) is 9.17. The van der Waals surface area contributed by atoms with Crippen LogP contribution < -0.4 is 56.1 Å². The fourth-order valence-corrected chi connectivity index (χ4v) is 1.03. The van der Waals surface area contributed by atoms with E-state index < -0.39 is 19.1 Å². The molecule has 0 fully saturated rings. The minimum atomic E-state index is -5.00. The molecule has 0 saturated heterocycles. The number of hydrogen-bond acceptors (Lipinski definition) is 2. The molecule has 1 aromatic rings. The number of ether oxygens (including phenoxy) is 2. The van der Waals surface area contributed by atoms with Gasteiger partial charge in [0.2, 0.25) is 0 Å². The molecule has 0 aromatic heterocycles. The van der Waals surface area contributed by atoms with Crippen LogP contribution in [0.3, 0.4) is 0 Å². The van der Waals surface area contributed by atoms with Crippen LogP contribution in [0.15, 0.2) is 42.4 Å². The van der Waals surface area contributed by atoms with Gasteiger partial charge in [-0.05, 0) is 12.1 Å². The van der Waals surface area contributed by atoms with E-state index in [1.807, 2.05) is 18.2 Å². The van der Waals surface area contributed by atoms with Crippen LogP contribution in [0.4, 0.5) is 12.9 Å². The van der Waals surface area contributed by atoms with Gasteiger partial charge in [0.1, 0.15) is 12.4 Å². The Hall–Kier alpha value is 0.211. The summed E-state index contributed by atoms with van der Waals surface area (Å²) >= 11 is 0. The fourth-order valence-electron chi connectivity index (χ4n) is 1.03. The molecular formula is C11H13BF3KO2. The number of benzene rings is 1. The first-order valence-corrected chi connectivity index (χ1v) is 5.13. The minimum Gasteiger partial charge on any atom is -0.491 e. The minimum absolute atomic E-state index is 0. The zero-order chi connectivity index (χ0) is 12.7. The number of para-hydroxylation sites is 1. The molecule has 0 N–H and O–H groups in total. The normalized spacial score (nSPS) is 10.6. The van der Waals surface area contributed by atoms with Crippen molar-refractivity contribution in [1.82, 2.24) is 0 Å². The molecule has 0 atom stereocenters. The van der Waals surface area contributed by atoms with Gasteiger partial charge in [0, 0.05) is 6.61 Å². The Morgan fingerprint density at radius 1 is 1.11 bits per heavy atom. The Balaban J connectivity index is 0.00000289. The van der Waals surface area contributed by atoms with Crippen LogP contribution in [0.2, 0.25) is 0 Å². The molecule has 0 unspecified atom stereocenters. The Labute approximate surface area is 147 Å². The van der Waals surface area contributed by atoms with Gasteiger partial charge in [0.25, 0.3) is 0 Å². The molecule has 0 aliphatic heterocycles. The van der Waals surface area contributed by atoms with Crippen molar-refractivity contribution in [2.24, 2.45) is 0 Å². The molecule has 0 aliphatic rings. The summed E-state index contributed by atoms with van der Waals surface area (Å²) in [4.78, 5) is 0. The van der Waals surface area contributed by atoms with Crippen LogP contribution in [0.5, 0.6) is 5.75 Å². The van der Waals surface area contributed by atoms with Crippen LogP contribution >= 0.6 is 0 Å². The van der Waals surface area contributed by atoms with Crippen LogP contribution in [0.1, 0.15) is 0 Å². The number of halogens is 3. The molecule has 94 valence electrons. The third-order valence-electron chi connectivity index (χ3n) is 1.99. The van der Waals surface area contributed by atoms with Gasteiger partial charge in [-0.25, -0.2) is 0 Å². The third-order valence-corrected chi connectivity index (χ3v) is 1.99. The second-order valence-corrected chi connectivity index (χ2v) is 3.45. The summed E-state index contributed by atoms with van der Waals surface area (Å²) < 4.78 is 46.3. The summed E-state index contributed by atoms with van der Waals surface area (Å²) in [5.41, 5.74) is -0.829. The van der Waals surface area contributed by atoms with Crippen molar-refractivity contribution < 1.29 is 73.8 Å². The van der Waals surface area contributed by atoms with Crippen molar-refractivity contribution in [3.63, 3.8) is 0 Å². The van der Waals surface area contributed by atoms with Crippen LogP contribution in [0.25, 0.3) is 0 Å². The van der Waals surface area contributed by atoms with E-state index in [0.29, 0.717) is 5.75 Å². The average molecular weight is 284 g/mol. The molecule has 0 spiro atoms. The maximum Gasteiger partial charge on any atom is 1.00 e. The molecule has 0 bridgehead atoms. The van der Waals surface area contributed by atoms with Crippen LogP contribution in [-0.2, 0) is 4.74 Å². The van der Waals surface area contributed by atoms with Gasteiger partial charge < -0.3 is 22.4 Å². The summed E-state index contributed by atoms with van der Waals surface area (Å²) in [6, 6.07) is 8.99. The summed E-state index contributed by atoms with van der Waals surface area (Å²) in [5, 5.41) is 0. The van der Waals surface area contributed by atoms with Crippen molar-refractivity contribution in [1.29, 1.82) is 0 Å². The summed E-state index contributed by atoms with van der Waals surface area (Å²) in [6.07, 6.45) is 0. The number of rotatable bonds is 7. The van der Waals surface area contributed by atoms with Gasteiger partial charge in [-0.3, -0.25) is 0 Å². The van der Waals surface area contributed by atoms with Crippen molar-refractivity contribution in [3.05, 3.63) is 42.4 Å². The molecule has 1 rings (SSSR count). The standard InChI is InChI=1S/C11H13BF3O2.K/c1-10(12(13,14)15)9-16-7-8-17-11-5-3-2-4-6-11;/h2-6H,1,7-9H2;/q-1;+1. The Morgan fingerprint density at radius 2 is 1.72 bits per heavy atom. The molecule has 7 heteroatoms. The van der Waals surface area contributed by atoms with Gasteiger partial charge in [0.05, 0.1) is 6.61 Å². The maximum absolute atomic E-state index is 12.1. The fraction of sp³-hybridized carbons (Fsp3) is 0.273. The van der Waals surface area contributed by atoms with Crippen molar-refractivity contribution in [2.75, 3.05) is 19.8 Å². The van der Waals surface area contributed by atoms with E-state index in [9.17, 15) is 12.9 Å². The molecule has 0 saturated carbocycles. The molecule has 0 radical (unpaired) electrons. The molecule has 2 nitrogen and oxygen atoms in total. The van der Waals surface area contributed by atoms with Crippen molar-refractivity contribution in [2.45, 2.75) is 0 Å². The monoisotopic (exact) mass is 284 g/mol. The Kier molecular flexibility index (Phi) is 9.28. The molecule has 0 amide bonds. The van der Waals surface area contributed by atoms with E-state index in [4.69, 9.17) is 9.47 Å². The van der Waals surface area contributed by atoms with Gasteiger partial charge in [-0.2, -0.15) is 0 Å².